The van der Waals surface area contributed by atoms with Gasteiger partial charge in [0.2, 0.25) is 12.6 Å². The van der Waals surface area contributed by atoms with E-state index in [4.69, 9.17) is 30.3 Å². The summed E-state index contributed by atoms with van der Waals surface area (Å²) in [5, 5.41) is 4.16. The summed E-state index contributed by atoms with van der Waals surface area (Å²) in [6.07, 6.45) is 0. The van der Waals surface area contributed by atoms with Gasteiger partial charge in [-0.3, -0.25) is 0 Å². The maximum absolute atomic E-state index is 12.2. The highest BCUT2D eigenvalue weighted by molar-refractivity contribution is 9.10. The normalized spacial score (nSPS) is 12.2. The fraction of sp³-hybridized carbons (Fsp3) is 0.118. The molecule has 0 amide bonds. The lowest BCUT2D eigenvalue weighted by molar-refractivity contribution is 0.0429. The molecule has 132 valence electrons. The van der Waals surface area contributed by atoms with E-state index < -0.39 is 5.97 Å². The number of fused-ring (bicyclic) bond motifs is 1. The third-order valence-corrected chi connectivity index (χ3v) is 4.31. The Bertz CT molecular complexity index is 991. The number of benzene rings is 2. The van der Waals surface area contributed by atoms with Crippen LogP contribution in [0.15, 0.2) is 45.4 Å². The number of hydrogen-bond donors (Lipinski definition) is 0. The van der Waals surface area contributed by atoms with Crippen LogP contribution in [0.3, 0.4) is 0 Å². The molecular formula is C17H10BrClN2O5. The van der Waals surface area contributed by atoms with Gasteiger partial charge in [0.1, 0.15) is 0 Å². The average molecular weight is 438 g/mol. The summed E-state index contributed by atoms with van der Waals surface area (Å²) in [4.78, 5) is 16.4. The van der Waals surface area contributed by atoms with Crippen molar-refractivity contribution in [1.29, 1.82) is 0 Å². The van der Waals surface area contributed by atoms with Gasteiger partial charge in [-0.1, -0.05) is 44.8 Å². The van der Waals surface area contributed by atoms with Crippen LogP contribution < -0.4 is 9.47 Å². The lowest BCUT2D eigenvalue weighted by atomic mass is 10.2. The second kappa shape index (κ2) is 6.97. The van der Waals surface area contributed by atoms with Gasteiger partial charge < -0.3 is 18.7 Å². The highest BCUT2D eigenvalue weighted by Gasteiger charge is 2.22. The van der Waals surface area contributed by atoms with Gasteiger partial charge in [-0.2, -0.15) is 4.98 Å². The van der Waals surface area contributed by atoms with Gasteiger partial charge in [-0.25, -0.2) is 4.79 Å². The van der Waals surface area contributed by atoms with Gasteiger partial charge in [0.15, 0.2) is 18.1 Å². The van der Waals surface area contributed by atoms with Crippen molar-refractivity contribution < 1.29 is 23.5 Å². The van der Waals surface area contributed by atoms with Crippen molar-refractivity contribution >= 4 is 33.5 Å². The van der Waals surface area contributed by atoms with Crippen LogP contribution in [0.2, 0.25) is 5.02 Å². The summed E-state index contributed by atoms with van der Waals surface area (Å²) in [5.41, 5.74) is 1.02. The molecule has 0 saturated carbocycles. The van der Waals surface area contributed by atoms with Crippen molar-refractivity contribution in [1.82, 2.24) is 10.1 Å². The third kappa shape index (κ3) is 3.38. The predicted molar refractivity (Wildman–Crippen MR) is 94.1 cm³/mol. The number of nitrogens with zero attached hydrogens (tertiary/aromatic N) is 2. The number of esters is 1. The number of carbonyl (C=O) groups excluding carboxylic acids is 1. The summed E-state index contributed by atoms with van der Waals surface area (Å²) < 4.78 is 21.7. The summed E-state index contributed by atoms with van der Waals surface area (Å²) in [6.45, 7) is -0.0974. The quantitative estimate of drug-likeness (QED) is 0.565. The Morgan fingerprint density at radius 3 is 3.00 bits per heavy atom. The molecule has 0 bridgehead atoms. The highest BCUT2D eigenvalue weighted by atomic mass is 79.9. The molecule has 0 saturated heterocycles. The molecule has 2 heterocycles. The zero-order chi connectivity index (χ0) is 18.1. The van der Waals surface area contributed by atoms with Crippen molar-refractivity contribution in [2.45, 2.75) is 6.61 Å². The molecule has 2 aromatic carbocycles. The SMILES string of the molecule is O=C(OCc1nc(-c2cccc(Br)c2)no1)c1cc(Cl)c2c(c1)OCO2. The van der Waals surface area contributed by atoms with Gasteiger partial charge in [0, 0.05) is 10.0 Å². The Balaban J connectivity index is 1.45. The first-order valence-corrected chi connectivity index (χ1v) is 8.62. The van der Waals surface area contributed by atoms with Crippen molar-refractivity contribution in [3.8, 4) is 22.9 Å². The van der Waals surface area contributed by atoms with Crippen LogP contribution in [-0.2, 0) is 11.3 Å². The van der Waals surface area contributed by atoms with Crippen molar-refractivity contribution in [2.75, 3.05) is 6.79 Å². The zero-order valence-corrected chi connectivity index (χ0v) is 15.4. The maximum atomic E-state index is 12.2. The first-order valence-electron chi connectivity index (χ1n) is 7.45. The second-order valence-corrected chi connectivity index (χ2v) is 6.61. The number of rotatable bonds is 4. The van der Waals surface area contributed by atoms with Crippen molar-refractivity contribution in [3.05, 3.63) is 57.3 Å². The van der Waals surface area contributed by atoms with Crippen molar-refractivity contribution in [2.24, 2.45) is 0 Å². The fourth-order valence-corrected chi connectivity index (χ4v) is 3.02. The van der Waals surface area contributed by atoms with E-state index in [-0.39, 0.29) is 29.9 Å². The molecule has 0 aliphatic carbocycles. The van der Waals surface area contributed by atoms with Crippen LogP contribution in [0.5, 0.6) is 11.5 Å². The van der Waals surface area contributed by atoms with Gasteiger partial charge in [0.25, 0.3) is 5.89 Å². The van der Waals surface area contributed by atoms with Crippen LogP contribution in [0, 0.1) is 0 Å². The number of ether oxygens (including phenoxy) is 3. The number of carbonyl (C=O) groups is 1. The van der Waals surface area contributed by atoms with E-state index in [1.807, 2.05) is 24.3 Å². The number of halogens is 2. The first kappa shape index (κ1) is 16.9. The molecule has 4 rings (SSSR count). The topological polar surface area (TPSA) is 83.7 Å². The van der Waals surface area contributed by atoms with Gasteiger partial charge in [-0.15, -0.1) is 0 Å². The third-order valence-electron chi connectivity index (χ3n) is 3.54. The van der Waals surface area contributed by atoms with E-state index in [9.17, 15) is 4.79 Å². The standard InChI is InChI=1S/C17H10BrClN2O5/c18-11-3-1-2-9(4-11)16-20-14(26-21-16)7-23-17(22)10-5-12(19)15-13(6-10)24-8-25-15/h1-6H,7-8H2. The molecule has 0 N–H and O–H groups in total. The largest absolute Gasteiger partial charge is 0.454 e. The minimum Gasteiger partial charge on any atom is -0.454 e. The number of aromatic nitrogens is 2. The van der Waals surface area contributed by atoms with Gasteiger partial charge in [-0.05, 0) is 24.3 Å². The Kier molecular flexibility index (Phi) is 4.52. The smallest absolute Gasteiger partial charge is 0.338 e. The summed E-state index contributed by atoms with van der Waals surface area (Å²) in [6, 6.07) is 10.4. The van der Waals surface area contributed by atoms with Crippen LogP contribution in [0.25, 0.3) is 11.4 Å². The molecule has 1 aliphatic rings. The van der Waals surface area contributed by atoms with Crippen LogP contribution in [-0.4, -0.2) is 22.9 Å². The molecule has 9 heteroatoms. The van der Waals surface area contributed by atoms with E-state index in [2.05, 4.69) is 26.1 Å². The molecule has 7 nitrogen and oxygen atoms in total. The Hall–Kier alpha value is -2.58. The maximum Gasteiger partial charge on any atom is 0.338 e. The van der Waals surface area contributed by atoms with E-state index >= 15 is 0 Å². The molecule has 0 fully saturated rings. The van der Waals surface area contributed by atoms with Crippen LogP contribution in [0.4, 0.5) is 0 Å². The fourth-order valence-electron chi connectivity index (χ4n) is 2.35. The zero-order valence-electron chi connectivity index (χ0n) is 13.1. The summed E-state index contributed by atoms with van der Waals surface area (Å²) >= 11 is 9.45. The van der Waals surface area contributed by atoms with Crippen LogP contribution in [0.1, 0.15) is 16.2 Å². The van der Waals surface area contributed by atoms with Gasteiger partial charge >= 0.3 is 5.97 Å². The average Bonchev–Trinajstić information content (AvgIpc) is 3.29. The van der Waals surface area contributed by atoms with E-state index in [1.54, 1.807) is 0 Å². The molecule has 1 aromatic heterocycles. The van der Waals surface area contributed by atoms with E-state index in [0.29, 0.717) is 17.3 Å². The van der Waals surface area contributed by atoms with E-state index in [0.717, 1.165) is 10.0 Å². The molecule has 0 spiro atoms. The Labute approximate surface area is 160 Å². The predicted octanol–water partition coefficient (Wildman–Crippen LogP) is 4.24. The van der Waals surface area contributed by atoms with E-state index in [1.165, 1.54) is 12.1 Å². The molecule has 3 aromatic rings. The molecule has 1 aliphatic heterocycles. The van der Waals surface area contributed by atoms with Crippen molar-refractivity contribution in [3.63, 3.8) is 0 Å². The molecule has 0 radical (unpaired) electrons. The summed E-state index contributed by atoms with van der Waals surface area (Å²) in [7, 11) is 0. The second-order valence-electron chi connectivity index (χ2n) is 5.29. The first-order chi connectivity index (χ1) is 12.6. The van der Waals surface area contributed by atoms with Gasteiger partial charge in [0.05, 0.1) is 10.6 Å². The molecule has 26 heavy (non-hydrogen) atoms. The lowest BCUT2D eigenvalue weighted by Crippen LogP contribution is -2.05. The Morgan fingerprint density at radius 2 is 2.15 bits per heavy atom. The molecule has 0 unspecified atom stereocenters. The minimum absolute atomic E-state index is 0.0634. The monoisotopic (exact) mass is 436 g/mol. The minimum atomic E-state index is -0.590. The number of hydrogen-bond acceptors (Lipinski definition) is 7. The Morgan fingerprint density at radius 1 is 1.27 bits per heavy atom. The van der Waals surface area contributed by atoms with Crippen LogP contribution >= 0.6 is 27.5 Å². The highest BCUT2D eigenvalue weighted by Crippen LogP contribution is 2.39. The molecule has 0 atom stereocenters. The lowest BCUT2D eigenvalue weighted by Gasteiger charge is -2.04. The molecular weight excluding hydrogens is 428 g/mol. The summed E-state index contributed by atoms with van der Waals surface area (Å²) in [5.74, 6) is 0.814.